The molecule has 190 valence electrons. The van der Waals surface area contributed by atoms with Crippen LogP contribution >= 0.6 is 23.5 Å². The molecule has 0 bridgehead atoms. The highest BCUT2D eigenvalue weighted by Gasteiger charge is 2.37. The molecular formula is C38H23BS2. The van der Waals surface area contributed by atoms with E-state index in [2.05, 4.69) is 140 Å². The molecule has 2 aliphatic rings. The third-order valence-electron chi connectivity index (χ3n) is 8.59. The first-order valence-electron chi connectivity index (χ1n) is 14.1. The quantitative estimate of drug-likeness (QED) is 0.155. The molecule has 7 aromatic carbocycles. The van der Waals surface area contributed by atoms with Crippen LogP contribution in [-0.2, 0) is 0 Å². The molecule has 3 heteroatoms. The maximum atomic E-state index is 2.45. The smallest absolute Gasteiger partial charge is 0.0911 e. The van der Waals surface area contributed by atoms with Crippen molar-refractivity contribution in [3.63, 3.8) is 0 Å². The number of rotatable bonds is 2. The van der Waals surface area contributed by atoms with Crippen molar-refractivity contribution in [1.29, 1.82) is 0 Å². The Morgan fingerprint density at radius 1 is 0.366 bits per heavy atom. The zero-order valence-electron chi connectivity index (χ0n) is 22.2. The zero-order chi connectivity index (χ0) is 26.9. The standard InChI is InChI=1S/C38H23BS2/c1-2-11-24(12-3-1)36-26-13-4-6-15-28(26)37(29-16-7-5-14-27(29)36)25-21-22-31-35(23-25)41-34-20-10-19-33-38(34)39(31)30-17-8-9-18-32(30)40-33/h1-23H. The largest absolute Gasteiger partial charge is 0.247 e. The van der Waals surface area contributed by atoms with Gasteiger partial charge < -0.3 is 0 Å². The molecule has 0 aliphatic carbocycles. The van der Waals surface area contributed by atoms with Crippen molar-refractivity contribution in [3.05, 3.63) is 140 Å². The van der Waals surface area contributed by atoms with E-state index in [4.69, 9.17) is 0 Å². The third kappa shape index (κ3) is 3.53. The van der Waals surface area contributed by atoms with Crippen molar-refractivity contribution < 1.29 is 0 Å². The van der Waals surface area contributed by atoms with Crippen molar-refractivity contribution in [2.45, 2.75) is 19.6 Å². The molecule has 0 radical (unpaired) electrons. The van der Waals surface area contributed by atoms with Gasteiger partial charge in [-0.3, -0.25) is 0 Å². The summed E-state index contributed by atoms with van der Waals surface area (Å²) in [7, 11) is 0. The van der Waals surface area contributed by atoms with Crippen molar-refractivity contribution in [3.8, 4) is 22.3 Å². The molecule has 0 spiro atoms. The van der Waals surface area contributed by atoms with Gasteiger partial charge in [0.25, 0.3) is 0 Å². The monoisotopic (exact) mass is 554 g/mol. The molecule has 2 heterocycles. The van der Waals surface area contributed by atoms with Crippen LogP contribution in [0, 0.1) is 0 Å². The summed E-state index contributed by atoms with van der Waals surface area (Å²) in [4.78, 5) is 5.51. The van der Waals surface area contributed by atoms with Crippen LogP contribution in [-0.4, -0.2) is 6.71 Å². The number of hydrogen-bond acceptors (Lipinski definition) is 2. The van der Waals surface area contributed by atoms with Crippen LogP contribution in [0.15, 0.2) is 159 Å². The predicted octanol–water partition coefficient (Wildman–Crippen LogP) is 8.77. The topological polar surface area (TPSA) is 0 Å². The molecule has 0 N–H and O–H groups in total. The molecule has 0 aromatic heterocycles. The second-order valence-corrected chi connectivity index (χ2v) is 13.0. The summed E-state index contributed by atoms with van der Waals surface area (Å²) in [6, 6.07) is 51.7. The zero-order valence-corrected chi connectivity index (χ0v) is 23.8. The van der Waals surface area contributed by atoms with Crippen LogP contribution in [0.1, 0.15) is 0 Å². The van der Waals surface area contributed by atoms with Gasteiger partial charge in [0.2, 0.25) is 6.71 Å². The normalized spacial score (nSPS) is 13.1. The van der Waals surface area contributed by atoms with Crippen LogP contribution in [0.4, 0.5) is 0 Å². The fourth-order valence-electron chi connectivity index (χ4n) is 6.89. The molecular weight excluding hydrogens is 531 g/mol. The second kappa shape index (κ2) is 9.17. The first-order valence-corrected chi connectivity index (χ1v) is 15.7. The molecule has 0 saturated carbocycles. The summed E-state index contributed by atoms with van der Waals surface area (Å²) in [5.74, 6) is 0. The molecule has 0 nitrogen and oxygen atoms in total. The minimum atomic E-state index is 0.276. The summed E-state index contributed by atoms with van der Waals surface area (Å²) in [5.41, 5.74) is 9.49. The van der Waals surface area contributed by atoms with E-state index in [1.54, 1.807) is 0 Å². The SMILES string of the molecule is c1ccc(-c2c3ccccc3c(-c3ccc4c(c3)Sc3cccc5c3B4c3ccccc3S5)c3ccccc23)cc1. The van der Waals surface area contributed by atoms with Gasteiger partial charge in [-0.15, -0.1) is 0 Å². The van der Waals surface area contributed by atoms with Crippen LogP contribution in [0.2, 0.25) is 0 Å². The lowest BCUT2D eigenvalue weighted by atomic mass is 9.36. The van der Waals surface area contributed by atoms with Crippen molar-refractivity contribution >= 4 is 68.2 Å². The van der Waals surface area contributed by atoms with E-state index < -0.39 is 0 Å². The van der Waals surface area contributed by atoms with Gasteiger partial charge in [-0.1, -0.05) is 150 Å². The summed E-state index contributed by atoms with van der Waals surface area (Å²) < 4.78 is 0. The number of benzene rings is 7. The molecule has 0 fully saturated rings. The lowest BCUT2D eigenvalue weighted by Crippen LogP contribution is -2.57. The summed E-state index contributed by atoms with van der Waals surface area (Å²) in [6.07, 6.45) is 0. The maximum absolute atomic E-state index is 2.45. The maximum Gasteiger partial charge on any atom is 0.247 e. The summed E-state index contributed by atoms with van der Waals surface area (Å²) >= 11 is 3.84. The van der Waals surface area contributed by atoms with Crippen LogP contribution in [0.25, 0.3) is 43.8 Å². The van der Waals surface area contributed by atoms with Gasteiger partial charge in [0.05, 0.1) is 0 Å². The summed E-state index contributed by atoms with van der Waals surface area (Å²) in [5, 5.41) is 5.19. The fraction of sp³-hybridized carbons (Fsp3) is 0. The Balaban J connectivity index is 1.31. The number of hydrogen-bond donors (Lipinski definition) is 0. The van der Waals surface area contributed by atoms with Crippen molar-refractivity contribution in [2.24, 2.45) is 0 Å². The van der Waals surface area contributed by atoms with E-state index in [0.717, 1.165) is 0 Å². The van der Waals surface area contributed by atoms with Crippen molar-refractivity contribution in [2.75, 3.05) is 0 Å². The van der Waals surface area contributed by atoms with Crippen LogP contribution in [0.3, 0.4) is 0 Å². The highest BCUT2D eigenvalue weighted by Crippen LogP contribution is 2.45. The van der Waals surface area contributed by atoms with E-state index in [-0.39, 0.29) is 6.71 Å². The van der Waals surface area contributed by atoms with E-state index in [0.29, 0.717) is 0 Å². The highest BCUT2D eigenvalue weighted by atomic mass is 32.2. The lowest BCUT2D eigenvalue weighted by Gasteiger charge is -2.33. The van der Waals surface area contributed by atoms with E-state index in [1.165, 1.54) is 79.8 Å². The Kier molecular flexibility index (Phi) is 5.26. The first kappa shape index (κ1) is 23.5. The van der Waals surface area contributed by atoms with Gasteiger partial charge in [0, 0.05) is 19.6 Å². The minimum absolute atomic E-state index is 0.276. The molecule has 9 rings (SSSR count). The molecule has 7 aromatic rings. The Bertz CT molecular complexity index is 2110. The van der Waals surface area contributed by atoms with E-state index in [9.17, 15) is 0 Å². The molecule has 0 unspecified atom stereocenters. The van der Waals surface area contributed by atoms with Gasteiger partial charge in [0.15, 0.2) is 0 Å². The van der Waals surface area contributed by atoms with Gasteiger partial charge >= 0.3 is 0 Å². The van der Waals surface area contributed by atoms with E-state index >= 15 is 0 Å². The van der Waals surface area contributed by atoms with Gasteiger partial charge in [-0.2, -0.15) is 0 Å². The predicted molar refractivity (Wildman–Crippen MR) is 178 cm³/mol. The highest BCUT2D eigenvalue weighted by molar-refractivity contribution is 8.01. The molecule has 0 amide bonds. The molecule has 2 aliphatic heterocycles. The van der Waals surface area contributed by atoms with Gasteiger partial charge in [-0.05, 0) is 73.5 Å². The average molecular weight is 555 g/mol. The molecule has 0 atom stereocenters. The Morgan fingerprint density at radius 2 is 0.878 bits per heavy atom. The Hall–Kier alpha value is -4.18. The van der Waals surface area contributed by atoms with Crippen molar-refractivity contribution in [1.82, 2.24) is 0 Å². The minimum Gasteiger partial charge on any atom is -0.0911 e. The third-order valence-corrected chi connectivity index (χ3v) is 10.9. The second-order valence-electron chi connectivity index (χ2n) is 10.8. The van der Waals surface area contributed by atoms with Crippen LogP contribution in [0.5, 0.6) is 0 Å². The number of fused-ring (bicyclic) bond motifs is 6. The molecule has 41 heavy (non-hydrogen) atoms. The average Bonchev–Trinajstić information content (AvgIpc) is 3.03. The van der Waals surface area contributed by atoms with E-state index in [1.807, 2.05) is 23.5 Å². The van der Waals surface area contributed by atoms with Crippen LogP contribution < -0.4 is 16.4 Å². The Morgan fingerprint density at radius 3 is 1.56 bits per heavy atom. The lowest BCUT2D eigenvalue weighted by molar-refractivity contribution is 1.33. The van der Waals surface area contributed by atoms with Gasteiger partial charge in [0.1, 0.15) is 0 Å². The Labute approximate surface area is 248 Å². The summed E-state index contributed by atoms with van der Waals surface area (Å²) in [6.45, 7) is 0.276. The van der Waals surface area contributed by atoms with Gasteiger partial charge in [-0.25, -0.2) is 0 Å². The first-order chi connectivity index (χ1) is 20.3. The molecule has 0 saturated heterocycles. The fourth-order valence-corrected chi connectivity index (χ4v) is 9.33.